The number of imidazole rings is 1. The van der Waals surface area contributed by atoms with Crippen molar-refractivity contribution in [1.82, 2.24) is 14.9 Å². The molecule has 1 N–H and O–H groups in total. The van der Waals surface area contributed by atoms with E-state index in [1.54, 1.807) is 0 Å². The quantitative estimate of drug-likeness (QED) is 0.650. The van der Waals surface area contributed by atoms with Gasteiger partial charge in [0.15, 0.2) is 0 Å². The molecule has 0 spiro atoms. The van der Waals surface area contributed by atoms with Gasteiger partial charge in [0.25, 0.3) is 5.91 Å². The minimum absolute atomic E-state index is 0.0507. The van der Waals surface area contributed by atoms with E-state index in [4.69, 9.17) is 0 Å². The van der Waals surface area contributed by atoms with Crippen LogP contribution >= 0.6 is 15.9 Å². The number of aromatic nitrogens is 2. The zero-order valence-electron chi connectivity index (χ0n) is 13.2. The average Bonchev–Trinajstić information content (AvgIpc) is 3.08. The average molecular weight is 384 g/mol. The number of carbonyl (C=O) groups is 1. The molecule has 4 nitrogen and oxygen atoms in total. The van der Waals surface area contributed by atoms with Crippen molar-refractivity contribution in [1.29, 1.82) is 0 Å². The standard InChI is InChI=1S/C19H18BrN3O/c20-17-9-4-8-16(14-17)19(24)22-10-5-12-23-13-11-21-18(23)15-6-2-1-3-7-15/h1-4,6-9,11,13-14H,5,10,12H2,(H,22,24). The van der Waals surface area contributed by atoms with Crippen LogP contribution in [-0.4, -0.2) is 22.0 Å². The Bertz CT molecular complexity index is 814. The number of halogens is 1. The molecule has 3 aromatic rings. The van der Waals surface area contributed by atoms with Gasteiger partial charge in [-0.25, -0.2) is 4.98 Å². The summed E-state index contributed by atoms with van der Waals surface area (Å²) in [6, 6.07) is 17.5. The maximum atomic E-state index is 12.1. The van der Waals surface area contributed by atoms with E-state index < -0.39 is 0 Å². The zero-order chi connectivity index (χ0) is 16.8. The highest BCUT2D eigenvalue weighted by Gasteiger charge is 2.07. The summed E-state index contributed by atoms with van der Waals surface area (Å²) in [4.78, 5) is 16.5. The van der Waals surface area contributed by atoms with Gasteiger partial charge in [0.1, 0.15) is 5.82 Å². The highest BCUT2D eigenvalue weighted by molar-refractivity contribution is 9.10. The lowest BCUT2D eigenvalue weighted by Gasteiger charge is -2.09. The number of hydrogen-bond acceptors (Lipinski definition) is 2. The Kier molecular flexibility index (Phi) is 5.43. The predicted octanol–water partition coefficient (Wildman–Crippen LogP) is 4.13. The highest BCUT2D eigenvalue weighted by Crippen LogP contribution is 2.17. The minimum atomic E-state index is -0.0507. The lowest BCUT2D eigenvalue weighted by atomic mass is 10.2. The van der Waals surface area contributed by atoms with Crippen molar-refractivity contribution in [3.63, 3.8) is 0 Å². The largest absolute Gasteiger partial charge is 0.352 e. The molecule has 0 atom stereocenters. The van der Waals surface area contributed by atoms with Crippen molar-refractivity contribution in [3.8, 4) is 11.4 Å². The Hall–Kier alpha value is -2.40. The molecule has 122 valence electrons. The Morgan fingerprint density at radius 3 is 2.75 bits per heavy atom. The van der Waals surface area contributed by atoms with E-state index in [9.17, 15) is 4.79 Å². The van der Waals surface area contributed by atoms with Crippen LogP contribution in [0.5, 0.6) is 0 Å². The SMILES string of the molecule is O=C(NCCCn1ccnc1-c1ccccc1)c1cccc(Br)c1. The van der Waals surface area contributed by atoms with Gasteiger partial charge in [-0.1, -0.05) is 52.3 Å². The third-order valence-electron chi connectivity index (χ3n) is 3.70. The molecule has 0 saturated carbocycles. The number of aryl methyl sites for hydroxylation is 1. The fraction of sp³-hybridized carbons (Fsp3) is 0.158. The van der Waals surface area contributed by atoms with Gasteiger partial charge in [-0.05, 0) is 24.6 Å². The summed E-state index contributed by atoms with van der Waals surface area (Å²) in [6.45, 7) is 1.43. The van der Waals surface area contributed by atoms with Crippen LogP contribution in [0.25, 0.3) is 11.4 Å². The van der Waals surface area contributed by atoms with Crippen LogP contribution in [0.4, 0.5) is 0 Å². The Morgan fingerprint density at radius 1 is 1.12 bits per heavy atom. The van der Waals surface area contributed by atoms with Crippen LogP contribution in [0, 0.1) is 0 Å². The van der Waals surface area contributed by atoms with Crippen molar-refractivity contribution in [2.75, 3.05) is 6.54 Å². The molecular formula is C19H18BrN3O. The van der Waals surface area contributed by atoms with Gasteiger partial charge >= 0.3 is 0 Å². The molecule has 0 aliphatic heterocycles. The van der Waals surface area contributed by atoms with Crippen molar-refractivity contribution >= 4 is 21.8 Å². The molecule has 0 aliphatic carbocycles. The maximum absolute atomic E-state index is 12.1. The number of rotatable bonds is 6. The van der Waals surface area contributed by atoms with Gasteiger partial charge in [0.05, 0.1) is 0 Å². The lowest BCUT2D eigenvalue weighted by Crippen LogP contribution is -2.25. The predicted molar refractivity (Wildman–Crippen MR) is 98.8 cm³/mol. The molecule has 2 aromatic carbocycles. The highest BCUT2D eigenvalue weighted by atomic mass is 79.9. The Labute approximate surface area is 149 Å². The Balaban J connectivity index is 1.53. The fourth-order valence-corrected chi connectivity index (χ4v) is 2.92. The molecule has 24 heavy (non-hydrogen) atoms. The van der Waals surface area contributed by atoms with E-state index in [1.165, 1.54) is 0 Å². The van der Waals surface area contributed by atoms with Crippen molar-refractivity contribution < 1.29 is 4.79 Å². The summed E-state index contributed by atoms with van der Waals surface area (Å²) in [5.41, 5.74) is 1.76. The van der Waals surface area contributed by atoms with Crippen molar-refractivity contribution in [2.24, 2.45) is 0 Å². The zero-order valence-corrected chi connectivity index (χ0v) is 14.7. The molecule has 0 aliphatic rings. The lowest BCUT2D eigenvalue weighted by molar-refractivity contribution is 0.0952. The number of amides is 1. The van der Waals surface area contributed by atoms with Crippen molar-refractivity contribution in [3.05, 3.63) is 77.0 Å². The van der Waals surface area contributed by atoms with Gasteiger partial charge in [-0.2, -0.15) is 0 Å². The smallest absolute Gasteiger partial charge is 0.251 e. The normalized spacial score (nSPS) is 10.5. The topological polar surface area (TPSA) is 46.9 Å². The molecule has 0 unspecified atom stereocenters. The van der Waals surface area contributed by atoms with E-state index >= 15 is 0 Å². The van der Waals surface area contributed by atoms with Gasteiger partial charge in [-0.15, -0.1) is 0 Å². The summed E-state index contributed by atoms with van der Waals surface area (Å²) in [6.07, 6.45) is 4.62. The number of benzene rings is 2. The summed E-state index contributed by atoms with van der Waals surface area (Å²) in [5, 5.41) is 2.95. The third-order valence-corrected chi connectivity index (χ3v) is 4.19. The molecule has 0 radical (unpaired) electrons. The first kappa shape index (κ1) is 16.5. The van der Waals surface area contributed by atoms with Crippen LogP contribution in [0.1, 0.15) is 16.8 Å². The van der Waals surface area contributed by atoms with E-state index in [2.05, 4.69) is 30.8 Å². The first-order valence-corrected chi connectivity index (χ1v) is 8.63. The fourth-order valence-electron chi connectivity index (χ4n) is 2.52. The molecule has 1 amide bonds. The molecule has 1 heterocycles. The van der Waals surface area contributed by atoms with Gasteiger partial charge in [0.2, 0.25) is 0 Å². The second kappa shape index (κ2) is 7.93. The van der Waals surface area contributed by atoms with Crippen LogP contribution in [-0.2, 0) is 6.54 Å². The Morgan fingerprint density at radius 2 is 1.96 bits per heavy atom. The molecule has 1 aromatic heterocycles. The molecule has 0 saturated heterocycles. The second-order valence-electron chi connectivity index (χ2n) is 5.43. The molecule has 0 fully saturated rings. The first-order chi connectivity index (χ1) is 11.7. The number of nitrogens with zero attached hydrogens (tertiary/aromatic N) is 2. The van der Waals surface area contributed by atoms with Crippen LogP contribution in [0.2, 0.25) is 0 Å². The summed E-state index contributed by atoms with van der Waals surface area (Å²) < 4.78 is 3.02. The molecule has 5 heteroatoms. The van der Waals surface area contributed by atoms with Gasteiger partial charge in [-0.3, -0.25) is 4.79 Å². The maximum Gasteiger partial charge on any atom is 0.251 e. The summed E-state index contributed by atoms with van der Waals surface area (Å²) >= 11 is 3.38. The summed E-state index contributed by atoms with van der Waals surface area (Å²) in [7, 11) is 0. The first-order valence-electron chi connectivity index (χ1n) is 7.84. The van der Waals surface area contributed by atoms with Crippen LogP contribution < -0.4 is 5.32 Å². The minimum Gasteiger partial charge on any atom is -0.352 e. The number of nitrogens with one attached hydrogen (secondary N) is 1. The van der Waals surface area contributed by atoms with Crippen LogP contribution in [0.15, 0.2) is 71.5 Å². The molecule has 0 bridgehead atoms. The third kappa shape index (κ3) is 4.11. The van der Waals surface area contributed by atoms with Crippen LogP contribution in [0.3, 0.4) is 0 Å². The number of hydrogen-bond donors (Lipinski definition) is 1. The van der Waals surface area contributed by atoms with E-state index in [0.29, 0.717) is 12.1 Å². The monoisotopic (exact) mass is 383 g/mol. The molecule has 3 rings (SSSR count). The van der Waals surface area contributed by atoms with E-state index in [1.807, 2.05) is 67.0 Å². The molecular weight excluding hydrogens is 366 g/mol. The summed E-state index contributed by atoms with van der Waals surface area (Å²) in [5.74, 6) is 0.902. The van der Waals surface area contributed by atoms with Gasteiger partial charge in [0, 0.05) is 41.1 Å². The van der Waals surface area contributed by atoms with Gasteiger partial charge < -0.3 is 9.88 Å². The van der Waals surface area contributed by atoms with E-state index in [-0.39, 0.29) is 5.91 Å². The number of carbonyl (C=O) groups excluding carboxylic acids is 1. The van der Waals surface area contributed by atoms with Crippen molar-refractivity contribution in [2.45, 2.75) is 13.0 Å². The second-order valence-corrected chi connectivity index (χ2v) is 6.35. The van der Waals surface area contributed by atoms with E-state index in [0.717, 1.165) is 28.8 Å².